The summed E-state index contributed by atoms with van der Waals surface area (Å²) in [6.45, 7) is 0. The lowest BCUT2D eigenvalue weighted by molar-refractivity contribution is 0.0930. The van der Waals surface area contributed by atoms with E-state index in [1.165, 1.54) is 0 Å². The number of carbonyl (C=O) groups excluding carboxylic acids is 1. The molecule has 4 aromatic carbocycles. The van der Waals surface area contributed by atoms with Gasteiger partial charge in [-0.05, 0) is 59.4 Å². The first-order chi connectivity index (χ1) is 18.1. The second-order valence-electron chi connectivity index (χ2n) is 10.3. The van der Waals surface area contributed by atoms with Crippen LogP contribution >= 0.6 is 0 Å². The quantitative estimate of drug-likeness (QED) is 0.268. The maximum absolute atomic E-state index is 13.6. The number of fused-ring (bicyclic) bond motifs is 3. The molecule has 0 saturated heterocycles. The lowest BCUT2D eigenvalue weighted by atomic mass is 9.90. The molecule has 1 saturated carbocycles. The van der Waals surface area contributed by atoms with Crippen molar-refractivity contribution in [3.63, 3.8) is 0 Å². The summed E-state index contributed by atoms with van der Waals surface area (Å²) in [7, 11) is 4.14. The van der Waals surface area contributed by atoms with E-state index in [4.69, 9.17) is 4.98 Å². The summed E-state index contributed by atoms with van der Waals surface area (Å²) in [4.78, 5) is 20.6. The zero-order valence-corrected chi connectivity index (χ0v) is 21.4. The second kappa shape index (κ2) is 9.74. The highest BCUT2D eigenvalue weighted by Gasteiger charge is 2.25. The van der Waals surface area contributed by atoms with Gasteiger partial charge >= 0.3 is 0 Å². The molecule has 1 aliphatic carbocycles. The predicted molar refractivity (Wildman–Crippen MR) is 155 cm³/mol. The summed E-state index contributed by atoms with van der Waals surface area (Å²) < 4.78 is 0. The minimum absolute atomic E-state index is 0.0243. The van der Waals surface area contributed by atoms with Gasteiger partial charge in [-0.25, -0.2) is 4.98 Å². The first-order valence-electron chi connectivity index (χ1n) is 13.1. The summed E-state index contributed by atoms with van der Waals surface area (Å²) in [6.07, 6.45) is 3.88. The molecule has 1 amide bonds. The molecule has 0 spiro atoms. The summed E-state index contributed by atoms with van der Waals surface area (Å²) in [5.41, 5.74) is 2.95. The van der Waals surface area contributed by atoms with Crippen molar-refractivity contribution in [2.24, 2.45) is 0 Å². The molecule has 0 radical (unpaired) electrons. The van der Waals surface area contributed by atoms with Gasteiger partial charge in [0, 0.05) is 43.3 Å². The molecule has 0 aliphatic heterocycles. The maximum atomic E-state index is 13.6. The third kappa shape index (κ3) is 4.57. The van der Waals surface area contributed by atoms with Gasteiger partial charge in [-0.1, -0.05) is 66.7 Å². The fourth-order valence-electron chi connectivity index (χ4n) is 5.71. The van der Waals surface area contributed by atoms with Crippen molar-refractivity contribution in [1.82, 2.24) is 10.3 Å². The fourth-order valence-corrected chi connectivity index (χ4v) is 5.71. The van der Waals surface area contributed by atoms with Crippen LogP contribution in [0.25, 0.3) is 32.4 Å². The number of para-hydroxylation sites is 1. The van der Waals surface area contributed by atoms with E-state index in [0.29, 0.717) is 6.04 Å². The van der Waals surface area contributed by atoms with Crippen LogP contribution in [0.1, 0.15) is 36.0 Å². The van der Waals surface area contributed by atoms with Crippen molar-refractivity contribution < 1.29 is 4.79 Å². The van der Waals surface area contributed by atoms with Crippen LogP contribution in [0.2, 0.25) is 0 Å². The molecule has 186 valence electrons. The molecule has 1 fully saturated rings. The average Bonchev–Trinajstić information content (AvgIpc) is 2.92. The van der Waals surface area contributed by atoms with Gasteiger partial charge in [0.15, 0.2) is 0 Å². The van der Waals surface area contributed by atoms with Gasteiger partial charge in [-0.15, -0.1) is 0 Å². The third-order valence-electron chi connectivity index (χ3n) is 7.59. The van der Waals surface area contributed by atoms with Crippen molar-refractivity contribution in [2.75, 3.05) is 24.3 Å². The highest BCUT2D eigenvalue weighted by molar-refractivity contribution is 6.18. The Morgan fingerprint density at radius 1 is 0.757 bits per heavy atom. The Labute approximate surface area is 217 Å². The fraction of sp³-hybridized carbons (Fsp3) is 0.250. The van der Waals surface area contributed by atoms with Gasteiger partial charge in [0.05, 0.1) is 11.1 Å². The van der Waals surface area contributed by atoms with Crippen LogP contribution in [0.4, 0.5) is 11.5 Å². The van der Waals surface area contributed by atoms with Crippen LogP contribution in [0.3, 0.4) is 0 Å². The van der Waals surface area contributed by atoms with Crippen molar-refractivity contribution >= 4 is 49.9 Å². The molecule has 1 aliphatic rings. The van der Waals surface area contributed by atoms with E-state index in [-0.39, 0.29) is 11.9 Å². The number of rotatable bonds is 5. The molecular weight excluding hydrogens is 456 g/mol. The Balaban J connectivity index is 1.17. The Kier molecular flexibility index (Phi) is 6.13. The molecule has 5 nitrogen and oxygen atoms in total. The van der Waals surface area contributed by atoms with Crippen LogP contribution in [-0.2, 0) is 0 Å². The van der Waals surface area contributed by atoms with E-state index in [9.17, 15) is 4.79 Å². The van der Waals surface area contributed by atoms with Crippen LogP contribution in [0.15, 0.2) is 84.9 Å². The maximum Gasteiger partial charge on any atom is 0.252 e. The summed E-state index contributed by atoms with van der Waals surface area (Å²) >= 11 is 0. The van der Waals surface area contributed by atoms with E-state index >= 15 is 0 Å². The van der Waals surface area contributed by atoms with Gasteiger partial charge in [0.2, 0.25) is 0 Å². The first kappa shape index (κ1) is 23.3. The normalized spacial score (nSPS) is 17.7. The molecule has 37 heavy (non-hydrogen) atoms. The number of anilines is 2. The van der Waals surface area contributed by atoms with Crippen LogP contribution < -0.4 is 15.5 Å². The highest BCUT2D eigenvalue weighted by Crippen LogP contribution is 2.31. The predicted octanol–water partition coefficient (Wildman–Crippen LogP) is 6.76. The van der Waals surface area contributed by atoms with E-state index in [0.717, 1.165) is 75.2 Å². The largest absolute Gasteiger partial charge is 0.377 e. The van der Waals surface area contributed by atoms with Crippen LogP contribution in [0, 0.1) is 0 Å². The molecule has 5 heteroatoms. The van der Waals surface area contributed by atoms with Crippen molar-refractivity contribution in [1.29, 1.82) is 0 Å². The third-order valence-corrected chi connectivity index (χ3v) is 7.59. The molecule has 0 atom stereocenters. The highest BCUT2D eigenvalue weighted by atomic mass is 16.1. The van der Waals surface area contributed by atoms with Crippen LogP contribution in [-0.4, -0.2) is 37.1 Å². The Bertz CT molecular complexity index is 1550. The molecule has 0 bridgehead atoms. The lowest BCUT2D eigenvalue weighted by Gasteiger charge is -2.30. The van der Waals surface area contributed by atoms with Gasteiger partial charge in [0.1, 0.15) is 5.82 Å². The van der Waals surface area contributed by atoms with Crippen molar-refractivity contribution in [3.05, 3.63) is 90.5 Å². The standard InChI is InChI=1S/C32H32N4O/c1-36(2)29-20-30(35-28-14-8-7-13-27(28)29)33-23-15-17-24(18-16-23)34-32(37)31-25-11-5-3-9-21(25)19-22-10-4-6-12-26(22)31/h3-14,19-20,23-24H,15-18H2,1-2H3,(H,33,35)(H,34,37). The molecule has 1 heterocycles. The number of pyridine rings is 1. The topological polar surface area (TPSA) is 57.3 Å². The number of nitrogens with zero attached hydrogens (tertiary/aromatic N) is 2. The van der Waals surface area contributed by atoms with Gasteiger partial charge in [0.25, 0.3) is 5.91 Å². The van der Waals surface area contributed by atoms with E-state index in [1.54, 1.807) is 0 Å². The molecule has 0 unspecified atom stereocenters. The Morgan fingerprint density at radius 2 is 1.32 bits per heavy atom. The smallest absolute Gasteiger partial charge is 0.252 e. The summed E-state index contributed by atoms with van der Waals surface area (Å²) in [6, 6.07) is 29.4. The SMILES string of the molecule is CN(C)c1cc(NC2CCC(NC(=O)c3c4ccccc4cc4ccccc34)CC2)nc2ccccc12. The van der Waals surface area contributed by atoms with E-state index < -0.39 is 0 Å². The lowest BCUT2D eigenvalue weighted by Crippen LogP contribution is -2.40. The Morgan fingerprint density at radius 3 is 1.97 bits per heavy atom. The zero-order chi connectivity index (χ0) is 25.4. The molecular formula is C32H32N4O. The average molecular weight is 489 g/mol. The second-order valence-corrected chi connectivity index (χ2v) is 10.3. The number of benzene rings is 4. The monoisotopic (exact) mass is 488 g/mol. The number of nitrogens with one attached hydrogen (secondary N) is 2. The minimum Gasteiger partial charge on any atom is -0.377 e. The number of aromatic nitrogens is 1. The minimum atomic E-state index is 0.0243. The molecule has 6 rings (SSSR count). The van der Waals surface area contributed by atoms with Crippen LogP contribution in [0.5, 0.6) is 0 Å². The number of carbonyl (C=O) groups is 1. The van der Waals surface area contributed by atoms with E-state index in [1.807, 2.05) is 30.3 Å². The zero-order valence-electron chi connectivity index (χ0n) is 21.4. The van der Waals surface area contributed by atoms with Gasteiger partial charge < -0.3 is 15.5 Å². The summed E-state index contributed by atoms with van der Waals surface area (Å²) in [5, 5.41) is 12.4. The Hall–Kier alpha value is -4.12. The number of amides is 1. The molecule has 2 N–H and O–H groups in total. The first-order valence-corrected chi connectivity index (χ1v) is 13.1. The van der Waals surface area contributed by atoms with Crippen molar-refractivity contribution in [3.8, 4) is 0 Å². The van der Waals surface area contributed by atoms with Gasteiger partial charge in [-0.2, -0.15) is 0 Å². The van der Waals surface area contributed by atoms with Gasteiger partial charge in [-0.3, -0.25) is 4.79 Å². The molecule has 1 aromatic heterocycles. The number of hydrogen-bond acceptors (Lipinski definition) is 4. The summed E-state index contributed by atoms with van der Waals surface area (Å²) in [5.74, 6) is 0.938. The van der Waals surface area contributed by atoms with Crippen molar-refractivity contribution in [2.45, 2.75) is 37.8 Å². The molecule has 5 aromatic rings. The van der Waals surface area contributed by atoms with E-state index in [2.05, 4.69) is 84.2 Å². The number of hydrogen-bond donors (Lipinski definition) is 2.